The summed E-state index contributed by atoms with van der Waals surface area (Å²) in [5, 5.41) is 0. The third-order valence-electron chi connectivity index (χ3n) is 0.200. The molecule has 0 N–H and O–H groups in total. The summed E-state index contributed by atoms with van der Waals surface area (Å²) >= 11 is 0. The molecular formula is Cd2O7P2. The van der Waals surface area contributed by atoms with Crippen molar-refractivity contribution in [2.45, 2.75) is 0 Å². The molecule has 0 rings (SSSR count). The van der Waals surface area contributed by atoms with Gasteiger partial charge in [-0.2, -0.15) is 0 Å². The van der Waals surface area contributed by atoms with Crippen LogP contribution in [0.25, 0.3) is 0 Å². The predicted octanol–water partition coefficient (Wildman–Crippen LogP) is -3.34. The fourth-order valence-electron chi connectivity index (χ4n) is 0.122. The van der Waals surface area contributed by atoms with Crippen LogP contribution in [0.15, 0.2) is 0 Å². The van der Waals surface area contributed by atoms with Gasteiger partial charge in [0.1, 0.15) is 0 Å². The zero-order valence-corrected chi connectivity index (χ0v) is 15.0. The normalized spacial score (nSPS) is 11.3. The molecule has 11 heavy (non-hydrogen) atoms. The van der Waals surface area contributed by atoms with E-state index in [0.717, 1.165) is 0 Å². The van der Waals surface area contributed by atoms with Crippen LogP contribution in [-0.2, 0) is 68.0 Å². The third-order valence-corrected chi connectivity index (χ3v) is 1.80. The van der Waals surface area contributed by atoms with Crippen molar-refractivity contribution in [2.75, 3.05) is 0 Å². The third kappa shape index (κ3) is 18.8. The first-order valence-electron chi connectivity index (χ1n) is 1.46. The maximum absolute atomic E-state index is 9.32. The topological polar surface area (TPSA) is 136 Å². The fraction of sp³-hybridized carbons (Fsp3) is 0. The maximum Gasteiger partial charge on any atom is 2.00 e. The van der Waals surface area contributed by atoms with Crippen molar-refractivity contribution in [1.29, 1.82) is 0 Å². The summed E-state index contributed by atoms with van der Waals surface area (Å²) in [6.45, 7) is 0. The zero-order chi connectivity index (χ0) is 7.71. The Morgan fingerprint density at radius 2 is 1.00 bits per heavy atom. The number of hydrogen-bond acceptors (Lipinski definition) is 7. The van der Waals surface area contributed by atoms with Crippen LogP contribution in [0, 0.1) is 0 Å². The van der Waals surface area contributed by atoms with Crippen molar-refractivity contribution in [3.63, 3.8) is 0 Å². The maximum atomic E-state index is 9.32. The molecule has 0 aromatic rings. The van der Waals surface area contributed by atoms with E-state index in [4.69, 9.17) is 0 Å². The van der Waals surface area contributed by atoms with Gasteiger partial charge in [0.05, 0.1) is 15.6 Å². The van der Waals surface area contributed by atoms with Gasteiger partial charge in [-0.1, -0.05) is 0 Å². The average molecular weight is 399 g/mol. The Kier molecular flexibility index (Phi) is 11.2. The Balaban J connectivity index is -0.000000320. The van der Waals surface area contributed by atoms with Crippen molar-refractivity contribution < 1.29 is 87.6 Å². The largest absolute Gasteiger partial charge is 2.00 e. The standard InChI is InChI=1S/2Cd.H4O7P2/c;;1-8(2,3)7-9(4,5)6/h;;(H2,1,2,3)(H2,4,5,6)/q2*+2;/p-4. The molecule has 0 saturated carbocycles. The van der Waals surface area contributed by atoms with Gasteiger partial charge < -0.3 is 33.0 Å². The molecule has 0 spiro atoms. The molecule has 0 unspecified atom stereocenters. The molecule has 11 heteroatoms. The van der Waals surface area contributed by atoms with E-state index < -0.39 is 15.6 Å². The van der Waals surface area contributed by atoms with Gasteiger partial charge in [0.15, 0.2) is 0 Å². The van der Waals surface area contributed by atoms with Crippen molar-refractivity contribution in [3.8, 4) is 0 Å². The molecule has 0 aromatic carbocycles. The van der Waals surface area contributed by atoms with Gasteiger partial charge >= 0.3 is 54.6 Å². The summed E-state index contributed by atoms with van der Waals surface area (Å²) in [5.41, 5.74) is 0. The molecule has 0 heterocycles. The fourth-order valence-corrected chi connectivity index (χ4v) is 1.10. The molecule has 0 aliphatic rings. The van der Waals surface area contributed by atoms with Gasteiger partial charge in [-0.25, -0.2) is 0 Å². The molecule has 0 aromatic heterocycles. The van der Waals surface area contributed by atoms with Crippen LogP contribution >= 0.6 is 15.6 Å². The molecule has 56 valence electrons. The summed E-state index contributed by atoms with van der Waals surface area (Å²) in [7, 11) is -11.4. The molecule has 0 aliphatic carbocycles. The summed E-state index contributed by atoms with van der Waals surface area (Å²) in [6, 6.07) is 0. The van der Waals surface area contributed by atoms with E-state index in [-0.39, 0.29) is 54.6 Å². The molecule has 0 fully saturated rings. The Bertz CT molecular complexity index is 155. The number of phosphoric acid groups is 2. The van der Waals surface area contributed by atoms with Gasteiger partial charge in [0.25, 0.3) is 0 Å². The van der Waals surface area contributed by atoms with Gasteiger partial charge in [0, 0.05) is 0 Å². The average Bonchev–Trinajstić information content (AvgIpc) is 1.14. The van der Waals surface area contributed by atoms with Gasteiger partial charge in [-0.15, -0.1) is 0 Å². The summed E-state index contributed by atoms with van der Waals surface area (Å²) in [6.07, 6.45) is 0. The first kappa shape index (κ1) is 18.8. The number of hydrogen-bond donors (Lipinski definition) is 0. The molecule has 7 nitrogen and oxygen atoms in total. The molecular weight excluding hydrogens is 399 g/mol. The van der Waals surface area contributed by atoms with Crippen molar-refractivity contribution in [3.05, 3.63) is 0 Å². The molecule has 0 amide bonds. The molecule has 0 bridgehead atoms. The molecule has 0 atom stereocenters. The Hall–Kier alpha value is 2.10. The quantitative estimate of drug-likeness (QED) is 0.350. The minimum absolute atomic E-state index is 0. The van der Waals surface area contributed by atoms with Crippen LogP contribution in [0.3, 0.4) is 0 Å². The Morgan fingerprint density at radius 1 is 0.818 bits per heavy atom. The van der Waals surface area contributed by atoms with E-state index in [0.29, 0.717) is 0 Å². The van der Waals surface area contributed by atoms with Gasteiger partial charge in [0.2, 0.25) is 0 Å². The van der Waals surface area contributed by atoms with E-state index in [1.54, 1.807) is 0 Å². The minimum atomic E-state index is -5.68. The van der Waals surface area contributed by atoms with E-state index >= 15 is 0 Å². The molecule has 0 saturated heterocycles. The van der Waals surface area contributed by atoms with E-state index in [1.807, 2.05) is 0 Å². The first-order chi connectivity index (χ1) is 3.71. The zero-order valence-electron chi connectivity index (χ0n) is 5.17. The van der Waals surface area contributed by atoms with Crippen LogP contribution in [0.1, 0.15) is 0 Å². The van der Waals surface area contributed by atoms with Crippen molar-refractivity contribution in [2.24, 2.45) is 0 Å². The van der Waals surface area contributed by atoms with Crippen molar-refractivity contribution >= 4 is 15.6 Å². The Morgan fingerprint density at radius 3 is 1.00 bits per heavy atom. The predicted molar refractivity (Wildman–Crippen MR) is 16.3 cm³/mol. The van der Waals surface area contributed by atoms with Crippen LogP contribution in [0.2, 0.25) is 0 Å². The second-order valence-corrected chi connectivity index (χ2v) is 3.42. The SMILES string of the molecule is O=P([O-])([O-])OP(=O)([O-])[O-].[Cd+2].[Cd+2]. The van der Waals surface area contributed by atoms with Crippen LogP contribution in [0.5, 0.6) is 0 Å². The monoisotopic (exact) mass is 402 g/mol. The van der Waals surface area contributed by atoms with E-state index in [2.05, 4.69) is 4.31 Å². The van der Waals surface area contributed by atoms with Crippen LogP contribution < -0.4 is 19.6 Å². The molecule has 0 aliphatic heterocycles. The van der Waals surface area contributed by atoms with Crippen molar-refractivity contribution in [1.82, 2.24) is 0 Å². The van der Waals surface area contributed by atoms with E-state index in [1.165, 1.54) is 0 Å². The smallest absolute Gasteiger partial charge is 0.790 e. The summed E-state index contributed by atoms with van der Waals surface area (Å²) in [5.74, 6) is 0. The minimum Gasteiger partial charge on any atom is -0.790 e. The number of rotatable bonds is 2. The Labute approximate surface area is 102 Å². The van der Waals surface area contributed by atoms with Crippen LogP contribution in [0.4, 0.5) is 0 Å². The first-order valence-corrected chi connectivity index (χ1v) is 4.38. The molecule has 0 radical (unpaired) electrons. The van der Waals surface area contributed by atoms with E-state index in [9.17, 15) is 28.7 Å². The second-order valence-electron chi connectivity index (χ2n) is 0.976. The van der Waals surface area contributed by atoms with Gasteiger partial charge in [-0.05, 0) is 0 Å². The summed E-state index contributed by atoms with van der Waals surface area (Å²) < 4.78 is 21.2. The second kappa shape index (κ2) is 6.54. The van der Waals surface area contributed by atoms with Gasteiger partial charge in [-0.3, -0.25) is 0 Å². The van der Waals surface area contributed by atoms with Crippen LogP contribution in [-0.4, -0.2) is 0 Å². The summed E-state index contributed by atoms with van der Waals surface area (Å²) in [4.78, 5) is 37.3.